The van der Waals surface area contributed by atoms with E-state index in [9.17, 15) is 9.50 Å². The van der Waals surface area contributed by atoms with Gasteiger partial charge in [0.25, 0.3) is 0 Å². The number of halogens is 1. The highest BCUT2D eigenvalue weighted by Crippen LogP contribution is 2.21. The largest absolute Gasteiger partial charge is 0.508 e. The first-order valence-corrected chi connectivity index (χ1v) is 7.10. The molecule has 1 N–H and O–H groups in total. The molecule has 0 fully saturated rings. The van der Waals surface area contributed by atoms with Gasteiger partial charge in [-0.15, -0.1) is 0 Å². The van der Waals surface area contributed by atoms with Crippen LogP contribution < -0.4 is 0 Å². The van der Waals surface area contributed by atoms with Crippen molar-refractivity contribution in [3.8, 4) is 5.75 Å². The number of aromatic hydroxyl groups is 1. The summed E-state index contributed by atoms with van der Waals surface area (Å²) in [6.45, 7) is 2.95. The third kappa shape index (κ3) is 2.75. The molecule has 3 rings (SSSR count). The van der Waals surface area contributed by atoms with Crippen LogP contribution in [0.4, 0.5) is 4.39 Å². The minimum atomic E-state index is -0.271. The molecule has 0 saturated carbocycles. The normalized spacial score (nSPS) is 11.1. The van der Waals surface area contributed by atoms with E-state index >= 15 is 0 Å². The Bertz CT molecular complexity index is 780. The van der Waals surface area contributed by atoms with Gasteiger partial charge in [0, 0.05) is 19.0 Å². The molecule has 0 radical (unpaired) electrons. The van der Waals surface area contributed by atoms with Crippen molar-refractivity contribution in [3.05, 3.63) is 59.7 Å². The Hall–Kier alpha value is -2.36. The number of fused-ring (bicyclic) bond motifs is 1. The van der Waals surface area contributed by atoms with Crippen LogP contribution in [-0.4, -0.2) is 14.7 Å². The van der Waals surface area contributed by atoms with Gasteiger partial charge in [-0.05, 0) is 36.2 Å². The van der Waals surface area contributed by atoms with Crippen molar-refractivity contribution >= 4 is 11.0 Å². The number of rotatable bonds is 4. The van der Waals surface area contributed by atoms with Gasteiger partial charge in [0.2, 0.25) is 0 Å². The van der Waals surface area contributed by atoms with E-state index in [4.69, 9.17) is 0 Å². The SMILES string of the molecule is CCCn1c(Cc2cccc(O)c2)nc2cc(F)ccc21. The van der Waals surface area contributed by atoms with Gasteiger partial charge < -0.3 is 9.67 Å². The third-order valence-electron chi connectivity index (χ3n) is 3.51. The molecule has 0 aliphatic rings. The Morgan fingerprint density at radius 2 is 2.05 bits per heavy atom. The van der Waals surface area contributed by atoms with Gasteiger partial charge in [-0.1, -0.05) is 19.1 Å². The Morgan fingerprint density at radius 1 is 1.19 bits per heavy atom. The minimum Gasteiger partial charge on any atom is -0.508 e. The second kappa shape index (κ2) is 5.56. The van der Waals surface area contributed by atoms with Gasteiger partial charge in [0.15, 0.2) is 0 Å². The van der Waals surface area contributed by atoms with Crippen LogP contribution >= 0.6 is 0 Å². The molecule has 0 amide bonds. The Labute approximate surface area is 122 Å². The Morgan fingerprint density at radius 3 is 2.81 bits per heavy atom. The number of aromatic nitrogens is 2. The van der Waals surface area contributed by atoms with Gasteiger partial charge in [-0.2, -0.15) is 0 Å². The van der Waals surface area contributed by atoms with Crippen LogP contribution in [0.25, 0.3) is 11.0 Å². The number of phenols is 1. The molecule has 21 heavy (non-hydrogen) atoms. The van der Waals surface area contributed by atoms with Crippen molar-refractivity contribution in [2.45, 2.75) is 26.3 Å². The molecule has 1 heterocycles. The number of hydrogen-bond acceptors (Lipinski definition) is 2. The van der Waals surface area contributed by atoms with E-state index < -0.39 is 0 Å². The van der Waals surface area contributed by atoms with Crippen LogP contribution in [-0.2, 0) is 13.0 Å². The highest BCUT2D eigenvalue weighted by Gasteiger charge is 2.11. The summed E-state index contributed by atoms with van der Waals surface area (Å²) >= 11 is 0. The molecule has 0 saturated heterocycles. The van der Waals surface area contributed by atoms with E-state index in [1.54, 1.807) is 18.2 Å². The number of hydrogen-bond donors (Lipinski definition) is 1. The monoisotopic (exact) mass is 284 g/mol. The number of aryl methyl sites for hydroxylation is 1. The van der Waals surface area contributed by atoms with E-state index in [-0.39, 0.29) is 11.6 Å². The minimum absolute atomic E-state index is 0.247. The van der Waals surface area contributed by atoms with Crippen molar-refractivity contribution in [1.29, 1.82) is 0 Å². The van der Waals surface area contributed by atoms with Crippen molar-refractivity contribution in [2.75, 3.05) is 0 Å². The molecular formula is C17H17FN2O. The lowest BCUT2D eigenvalue weighted by atomic mass is 10.1. The zero-order valence-electron chi connectivity index (χ0n) is 11.9. The molecule has 0 atom stereocenters. The van der Waals surface area contributed by atoms with Gasteiger partial charge in [0.1, 0.15) is 17.4 Å². The summed E-state index contributed by atoms with van der Waals surface area (Å²) in [5.74, 6) is 0.868. The molecule has 4 heteroatoms. The lowest BCUT2D eigenvalue weighted by Gasteiger charge is -2.08. The van der Waals surface area contributed by atoms with Crippen molar-refractivity contribution in [3.63, 3.8) is 0 Å². The fourth-order valence-electron chi connectivity index (χ4n) is 2.61. The fourth-order valence-corrected chi connectivity index (χ4v) is 2.61. The highest BCUT2D eigenvalue weighted by atomic mass is 19.1. The average molecular weight is 284 g/mol. The summed E-state index contributed by atoms with van der Waals surface area (Å²) in [5, 5.41) is 9.56. The van der Waals surface area contributed by atoms with Crippen LogP contribution in [0.2, 0.25) is 0 Å². The maximum atomic E-state index is 13.4. The standard InChI is InChI=1S/C17H17FN2O/c1-2-8-20-16-7-6-13(18)11-15(16)19-17(20)10-12-4-3-5-14(21)9-12/h3-7,9,11,21H,2,8,10H2,1H3. The number of phenolic OH excluding ortho intramolecular Hbond substituents is 1. The van der Waals surface area contributed by atoms with Gasteiger partial charge >= 0.3 is 0 Å². The zero-order valence-corrected chi connectivity index (χ0v) is 11.9. The van der Waals surface area contributed by atoms with E-state index in [0.717, 1.165) is 29.9 Å². The van der Waals surface area contributed by atoms with Crippen molar-refractivity contribution in [1.82, 2.24) is 9.55 Å². The van der Waals surface area contributed by atoms with Crippen LogP contribution in [0.5, 0.6) is 5.75 Å². The summed E-state index contributed by atoms with van der Waals surface area (Å²) in [4.78, 5) is 4.56. The number of imidazole rings is 1. The van der Waals surface area contributed by atoms with E-state index in [2.05, 4.69) is 16.5 Å². The maximum Gasteiger partial charge on any atom is 0.125 e. The smallest absolute Gasteiger partial charge is 0.125 e. The second-order valence-electron chi connectivity index (χ2n) is 5.16. The third-order valence-corrected chi connectivity index (χ3v) is 3.51. The molecular weight excluding hydrogens is 267 g/mol. The van der Waals surface area contributed by atoms with Gasteiger partial charge in [-0.3, -0.25) is 0 Å². The molecule has 1 aromatic heterocycles. The van der Waals surface area contributed by atoms with E-state index in [1.807, 2.05) is 12.1 Å². The van der Waals surface area contributed by atoms with Gasteiger partial charge in [-0.25, -0.2) is 9.37 Å². The molecule has 108 valence electrons. The van der Waals surface area contributed by atoms with Crippen LogP contribution in [0.3, 0.4) is 0 Å². The molecule has 0 aliphatic carbocycles. The lowest BCUT2D eigenvalue weighted by Crippen LogP contribution is -2.04. The molecule has 2 aromatic carbocycles. The zero-order chi connectivity index (χ0) is 14.8. The molecule has 3 nitrogen and oxygen atoms in total. The molecule has 0 bridgehead atoms. The summed E-state index contributed by atoms with van der Waals surface area (Å²) in [6, 6.07) is 11.9. The number of nitrogens with zero attached hydrogens (tertiary/aromatic N) is 2. The second-order valence-corrected chi connectivity index (χ2v) is 5.16. The van der Waals surface area contributed by atoms with E-state index in [0.29, 0.717) is 11.9 Å². The fraction of sp³-hybridized carbons (Fsp3) is 0.235. The summed E-state index contributed by atoms with van der Waals surface area (Å²) in [5.41, 5.74) is 2.62. The average Bonchev–Trinajstić information content (AvgIpc) is 2.76. The molecule has 3 aromatic rings. The molecule has 0 spiro atoms. The highest BCUT2D eigenvalue weighted by molar-refractivity contribution is 5.76. The van der Waals surface area contributed by atoms with Crippen molar-refractivity contribution < 1.29 is 9.50 Å². The topological polar surface area (TPSA) is 38.0 Å². The van der Waals surface area contributed by atoms with Crippen LogP contribution in [0.15, 0.2) is 42.5 Å². The van der Waals surface area contributed by atoms with Gasteiger partial charge in [0.05, 0.1) is 11.0 Å². The first-order valence-electron chi connectivity index (χ1n) is 7.10. The Kier molecular flexibility index (Phi) is 3.60. The van der Waals surface area contributed by atoms with Crippen molar-refractivity contribution in [2.24, 2.45) is 0 Å². The molecule has 0 aliphatic heterocycles. The summed E-state index contributed by atoms with van der Waals surface area (Å²) < 4.78 is 15.5. The first-order chi connectivity index (χ1) is 10.2. The predicted molar refractivity (Wildman–Crippen MR) is 80.9 cm³/mol. The number of benzene rings is 2. The quantitative estimate of drug-likeness (QED) is 0.789. The van der Waals surface area contributed by atoms with Crippen LogP contribution in [0.1, 0.15) is 24.7 Å². The predicted octanol–water partition coefficient (Wildman–Crippen LogP) is 3.88. The first kappa shape index (κ1) is 13.6. The van der Waals surface area contributed by atoms with E-state index in [1.165, 1.54) is 12.1 Å². The summed E-state index contributed by atoms with van der Waals surface area (Å²) in [7, 11) is 0. The summed E-state index contributed by atoms with van der Waals surface area (Å²) in [6.07, 6.45) is 1.60. The lowest BCUT2D eigenvalue weighted by molar-refractivity contribution is 0.474. The van der Waals surface area contributed by atoms with Crippen LogP contribution in [0, 0.1) is 5.82 Å². The maximum absolute atomic E-state index is 13.4. The molecule has 0 unspecified atom stereocenters. The Balaban J connectivity index is 2.06.